The van der Waals surface area contributed by atoms with Gasteiger partial charge in [-0.05, 0) is 38.8 Å². The van der Waals surface area contributed by atoms with Crippen LogP contribution in [-0.4, -0.2) is 13.0 Å². The summed E-state index contributed by atoms with van der Waals surface area (Å²) >= 11 is 0. The first kappa shape index (κ1) is 10.8. The maximum Gasteiger partial charge on any atom is 0.174 e. The van der Waals surface area contributed by atoms with Gasteiger partial charge in [0.25, 0.3) is 0 Å². The number of hydrogen-bond acceptors (Lipinski definition) is 2. The Bertz CT molecular complexity index is 319. The molecule has 0 saturated carbocycles. The van der Waals surface area contributed by atoms with Crippen LogP contribution in [0.3, 0.4) is 0 Å². The molecule has 1 rings (SSSR count). The zero-order valence-corrected chi connectivity index (χ0v) is 9.29. The van der Waals surface area contributed by atoms with Crippen molar-refractivity contribution in [2.75, 3.05) is 6.61 Å². The summed E-state index contributed by atoms with van der Waals surface area (Å²) in [5.74, 6) is 0. The Balaban J connectivity index is 2.96. The highest BCUT2D eigenvalue weighted by molar-refractivity contribution is 5.62. The largest absolute Gasteiger partial charge is 0.483 e. The molecule has 0 heterocycles. The maximum absolute atomic E-state index is 5.09. The molecule has 0 bridgehead atoms. The molecule has 0 radical (unpaired) electrons. The van der Waals surface area contributed by atoms with E-state index in [-0.39, 0.29) is 0 Å². The summed E-state index contributed by atoms with van der Waals surface area (Å²) in [4.78, 5) is 4.29. The molecule has 0 spiro atoms. The fourth-order valence-corrected chi connectivity index (χ4v) is 1.54. The van der Waals surface area contributed by atoms with Crippen LogP contribution in [0.2, 0.25) is 0 Å². The van der Waals surface area contributed by atoms with Crippen molar-refractivity contribution in [1.29, 1.82) is 0 Å². The van der Waals surface area contributed by atoms with E-state index in [2.05, 4.69) is 37.9 Å². The van der Waals surface area contributed by atoms with E-state index >= 15 is 0 Å². The topological polar surface area (TPSA) is 21.6 Å². The van der Waals surface area contributed by atoms with E-state index in [0.29, 0.717) is 6.61 Å². The van der Waals surface area contributed by atoms with Gasteiger partial charge in [-0.2, -0.15) is 0 Å². The summed E-state index contributed by atoms with van der Waals surface area (Å²) in [5, 5.41) is 0. The molecule has 1 aromatic rings. The van der Waals surface area contributed by atoms with Gasteiger partial charge in [-0.1, -0.05) is 17.7 Å². The Hall–Kier alpha value is -1.31. The van der Waals surface area contributed by atoms with E-state index in [4.69, 9.17) is 4.74 Å². The second-order valence-corrected chi connectivity index (χ2v) is 3.44. The minimum atomic E-state index is 0.660. The summed E-state index contributed by atoms with van der Waals surface area (Å²) in [6.45, 7) is 8.83. The Kier molecular flexibility index (Phi) is 3.69. The molecule has 0 aliphatic carbocycles. The van der Waals surface area contributed by atoms with Gasteiger partial charge in [0.1, 0.15) is 0 Å². The molecule has 0 N–H and O–H groups in total. The molecular formula is C12H17NO. The lowest BCUT2D eigenvalue weighted by Crippen LogP contribution is -1.87. The molecule has 14 heavy (non-hydrogen) atoms. The molecule has 0 aliphatic heterocycles. The molecule has 1 aromatic carbocycles. The Morgan fingerprint density at radius 1 is 1.21 bits per heavy atom. The molecular weight excluding hydrogens is 174 g/mol. The van der Waals surface area contributed by atoms with Crippen molar-refractivity contribution in [2.24, 2.45) is 4.99 Å². The molecule has 0 saturated heterocycles. The number of rotatable bonds is 3. The van der Waals surface area contributed by atoms with Gasteiger partial charge in [0, 0.05) is 0 Å². The molecule has 0 atom stereocenters. The summed E-state index contributed by atoms with van der Waals surface area (Å²) in [6, 6.07) is 4.26. The zero-order valence-electron chi connectivity index (χ0n) is 9.29. The lowest BCUT2D eigenvalue weighted by molar-refractivity contribution is 0.344. The molecule has 0 fully saturated rings. The van der Waals surface area contributed by atoms with Crippen LogP contribution in [0, 0.1) is 20.8 Å². The predicted molar refractivity (Wildman–Crippen MR) is 60.4 cm³/mol. The van der Waals surface area contributed by atoms with Gasteiger partial charge in [-0.3, -0.25) is 0 Å². The number of ether oxygens (including phenoxy) is 1. The maximum atomic E-state index is 5.09. The van der Waals surface area contributed by atoms with Crippen molar-refractivity contribution in [2.45, 2.75) is 27.7 Å². The summed E-state index contributed by atoms with van der Waals surface area (Å²) in [6.07, 6.45) is 1.52. The first-order valence-corrected chi connectivity index (χ1v) is 4.87. The summed E-state index contributed by atoms with van der Waals surface area (Å²) in [7, 11) is 0. The van der Waals surface area contributed by atoms with Crippen LogP contribution in [0.1, 0.15) is 23.6 Å². The second kappa shape index (κ2) is 4.80. The Morgan fingerprint density at radius 2 is 1.79 bits per heavy atom. The highest BCUT2D eigenvalue weighted by Gasteiger charge is 2.00. The van der Waals surface area contributed by atoms with Gasteiger partial charge in [-0.25, -0.2) is 4.99 Å². The monoisotopic (exact) mass is 191 g/mol. The first-order chi connectivity index (χ1) is 6.65. The minimum Gasteiger partial charge on any atom is -0.483 e. The van der Waals surface area contributed by atoms with Crippen molar-refractivity contribution in [3.63, 3.8) is 0 Å². The van der Waals surface area contributed by atoms with E-state index in [1.807, 2.05) is 6.92 Å². The van der Waals surface area contributed by atoms with E-state index in [9.17, 15) is 0 Å². The van der Waals surface area contributed by atoms with Gasteiger partial charge in [0.05, 0.1) is 12.3 Å². The second-order valence-electron chi connectivity index (χ2n) is 3.44. The fraction of sp³-hybridized carbons (Fsp3) is 0.417. The third kappa shape index (κ3) is 2.59. The van der Waals surface area contributed by atoms with Gasteiger partial charge in [0.2, 0.25) is 0 Å². The van der Waals surface area contributed by atoms with Crippen molar-refractivity contribution in [1.82, 2.24) is 0 Å². The van der Waals surface area contributed by atoms with Gasteiger partial charge in [-0.15, -0.1) is 0 Å². The highest BCUT2D eigenvalue weighted by Crippen LogP contribution is 2.24. The van der Waals surface area contributed by atoms with Crippen molar-refractivity contribution < 1.29 is 4.74 Å². The first-order valence-electron chi connectivity index (χ1n) is 4.87. The number of aryl methyl sites for hydroxylation is 3. The normalized spacial score (nSPS) is 10.9. The average Bonchev–Trinajstić information content (AvgIpc) is 2.09. The van der Waals surface area contributed by atoms with E-state index < -0.39 is 0 Å². The van der Waals surface area contributed by atoms with Gasteiger partial charge in [0.15, 0.2) is 6.40 Å². The number of aliphatic imine (C=N–C) groups is 1. The average molecular weight is 191 g/mol. The van der Waals surface area contributed by atoms with Crippen LogP contribution in [0.5, 0.6) is 0 Å². The van der Waals surface area contributed by atoms with Crippen LogP contribution in [0.4, 0.5) is 5.69 Å². The van der Waals surface area contributed by atoms with Gasteiger partial charge < -0.3 is 4.74 Å². The minimum absolute atomic E-state index is 0.660. The number of benzene rings is 1. The summed E-state index contributed by atoms with van der Waals surface area (Å²) in [5.41, 5.74) is 4.68. The smallest absolute Gasteiger partial charge is 0.174 e. The molecule has 0 aliphatic rings. The molecule has 76 valence electrons. The number of hydrogen-bond donors (Lipinski definition) is 0. The van der Waals surface area contributed by atoms with Crippen LogP contribution in [-0.2, 0) is 4.74 Å². The van der Waals surface area contributed by atoms with Crippen LogP contribution < -0.4 is 0 Å². The molecule has 0 aromatic heterocycles. The quantitative estimate of drug-likeness (QED) is 0.530. The van der Waals surface area contributed by atoms with E-state index in [1.165, 1.54) is 23.1 Å². The fourth-order valence-electron chi connectivity index (χ4n) is 1.54. The summed E-state index contributed by atoms with van der Waals surface area (Å²) < 4.78 is 5.09. The van der Waals surface area contributed by atoms with Crippen LogP contribution in [0.25, 0.3) is 0 Å². The van der Waals surface area contributed by atoms with Crippen LogP contribution in [0.15, 0.2) is 17.1 Å². The third-order valence-corrected chi connectivity index (χ3v) is 2.06. The molecule has 2 heteroatoms. The lowest BCUT2D eigenvalue weighted by Gasteiger charge is -2.05. The molecule has 0 amide bonds. The van der Waals surface area contributed by atoms with Crippen LogP contribution >= 0.6 is 0 Å². The van der Waals surface area contributed by atoms with Crippen molar-refractivity contribution >= 4 is 12.1 Å². The SMILES string of the molecule is CCOC=Nc1c(C)cc(C)cc1C. The standard InChI is InChI=1S/C12H17NO/c1-5-14-8-13-12-10(3)6-9(2)7-11(12)4/h6-8H,5H2,1-4H3. The Morgan fingerprint density at radius 3 is 2.29 bits per heavy atom. The predicted octanol–water partition coefficient (Wildman–Crippen LogP) is 3.31. The Labute approximate surface area is 85.6 Å². The third-order valence-electron chi connectivity index (χ3n) is 2.06. The molecule has 2 nitrogen and oxygen atoms in total. The van der Waals surface area contributed by atoms with Crippen molar-refractivity contribution in [3.8, 4) is 0 Å². The van der Waals surface area contributed by atoms with E-state index in [1.54, 1.807) is 0 Å². The zero-order chi connectivity index (χ0) is 10.6. The number of nitrogens with zero attached hydrogens (tertiary/aromatic N) is 1. The van der Waals surface area contributed by atoms with E-state index in [0.717, 1.165) is 5.69 Å². The lowest BCUT2D eigenvalue weighted by atomic mass is 10.1. The molecule has 0 unspecified atom stereocenters. The van der Waals surface area contributed by atoms with Crippen molar-refractivity contribution in [3.05, 3.63) is 28.8 Å². The van der Waals surface area contributed by atoms with Gasteiger partial charge >= 0.3 is 0 Å². The highest BCUT2D eigenvalue weighted by atomic mass is 16.5.